The van der Waals surface area contributed by atoms with E-state index in [4.69, 9.17) is 9.47 Å². The van der Waals surface area contributed by atoms with Crippen LogP contribution in [0.15, 0.2) is 115 Å². The Morgan fingerprint density at radius 2 is 0.867 bits per heavy atom. The molecule has 45 heavy (non-hydrogen) atoms. The zero-order chi connectivity index (χ0) is 30.9. The lowest BCUT2D eigenvalue weighted by molar-refractivity contribution is 0.0696. The highest BCUT2D eigenvalue weighted by Gasteiger charge is 2.30. The van der Waals surface area contributed by atoms with Crippen molar-refractivity contribution in [3.63, 3.8) is 0 Å². The topological polar surface area (TPSA) is 114 Å². The molecule has 0 saturated carbocycles. The molecule has 0 fully saturated rings. The zero-order valence-corrected chi connectivity index (χ0v) is 24.0. The molecule has 0 aliphatic heterocycles. The molecular formula is C37H28N2O6. The predicted octanol–water partition coefficient (Wildman–Crippen LogP) is 8.11. The fourth-order valence-corrected chi connectivity index (χ4v) is 6.40. The predicted molar refractivity (Wildman–Crippen MR) is 171 cm³/mol. The summed E-state index contributed by atoms with van der Waals surface area (Å²) in [4.78, 5) is 37.6. The average molecular weight is 597 g/mol. The standard InChI is InChI=1S/C37H28N2O6/c40-35(41)22-17-23(38-36(42)44-20-33-29-13-5-1-9-25(29)26-10-2-6-14-30(26)33)19-24(18-22)39-37(43)45-21-34-31-15-7-3-11-27(31)28-12-4-8-16-32(28)34/h1-19,33-34H,20-21H2,(H,38,42)(H,39,43)(H,40,41). The molecule has 7 rings (SSSR count). The van der Waals surface area contributed by atoms with E-state index < -0.39 is 18.2 Å². The number of amides is 2. The molecule has 0 saturated heterocycles. The van der Waals surface area contributed by atoms with Crippen LogP contribution in [-0.2, 0) is 9.47 Å². The fourth-order valence-electron chi connectivity index (χ4n) is 6.40. The van der Waals surface area contributed by atoms with Crippen LogP contribution >= 0.6 is 0 Å². The van der Waals surface area contributed by atoms with Gasteiger partial charge in [-0.1, -0.05) is 97.1 Å². The first-order chi connectivity index (χ1) is 22.0. The number of hydrogen-bond acceptors (Lipinski definition) is 5. The van der Waals surface area contributed by atoms with E-state index in [2.05, 4.69) is 34.9 Å². The first-order valence-corrected chi connectivity index (χ1v) is 14.6. The van der Waals surface area contributed by atoms with Gasteiger partial charge in [0.05, 0.1) is 5.56 Å². The van der Waals surface area contributed by atoms with Crippen molar-refractivity contribution in [3.05, 3.63) is 143 Å². The monoisotopic (exact) mass is 596 g/mol. The Morgan fingerprint density at radius 3 is 1.20 bits per heavy atom. The maximum atomic E-state index is 12.9. The number of carbonyl (C=O) groups is 3. The molecule has 0 unspecified atom stereocenters. The summed E-state index contributed by atoms with van der Waals surface area (Å²) in [6, 6.07) is 36.1. The van der Waals surface area contributed by atoms with E-state index in [1.807, 2.05) is 72.8 Å². The lowest BCUT2D eigenvalue weighted by Crippen LogP contribution is -2.20. The number of fused-ring (bicyclic) bond motifs is 6. The average Bonchev–Trinajstić information content (AvgIpc) is 3.55. The molecule has 0 atom stereocenters. The van der Waals surface area contributed by atoms with Gasteiger partial charge in [0.1, 0.15) is 13.2 Å². The molecule has 2 aliphatic rings. The van der Waals surface area contributed by atoms with Crippen LogP contribution in [0.1, 0.15) is 44.4 Å². The number of ether oxygens (including phenoxy) is 2. The Morgan fingerprint density at radius 1 is 0.533 bits per heavy atom. The Kier molecular flexibility index (Phi) is 7.23. The van der Waals surface area contributed by atoms with Gasteiger partial charge in [0.25, 0.3) is 0 Å². The summed E-state index contributed by atoms with van der Waals surface area (Å²) in [5.41, 5.74) is 8.94. The molecule has 3 N–H and O–H groups in total. The molecule has 2 aliphatic carbocycles. The lowest BCUT2D eigenvalue weighted by atomic mass is 9.98. The molecule has 0 heterocycles. The number of carboxylic acids is 1. The minimum Gasteiger partial charge on any atom is -0.478 e. The van der Waals surface area contributed by atoms with Gasteiger partial charge in [0.15, 0.2) is 0 Å². The first kappa shape index (κ1) is 27.9. The van der Waals surface area contributed by atoms with Gasteiger partial charge in [0, 0.05) is 23.2 Å². The minimum atomic E-state index is -1.22. The molecule has 8 nitrogen and oxygen atoms in total. The number of carbonyl (C=O) groups excluding carboxylic acids is 2. The maximum Gasteiger partial charge on any atom is 0.411 e. The van der Waals surface area contributed by atoms with Gasteiger partial charge in [-0.05, 0) is 62.7 Å². The van der Waals surface area contributed by atoms with Gasteiger partial charge in [0.2, 0.25) is 0 Å². The van der Waals surface area contributed by atoms with E-state index in [0.29, 0.717) is 0 Å². The number of aromatic carboxylic acids is 1. The smallest absolute Gasteiger partial charge is 0.411 e. The van der Waals surface area contributed by atoms with Crippen molar-refractivity contribution in [1.82, 2.24) is 0 Å². The van der Waals surface area contributed by atoms with Crippen LogP contribution in [-0.4, -0.2) is 36.5 Å². The number of hydrogen-bond donors (Lipinski definition) is 3. The van der Waals surface area contributed by atoms with Crippen molar-refractivity contribution in [2.24, 2.45) is 0 Å². The third kappa shape index (κ3) is 5.38. The van der Waals surface area contributed by atoms with Crippen molar-refractivity contribution < 1.29 is 29.0 Å². The van der Waals surface area contributed by atoms with E-state index in [0.717, 1.165) is 44.5 Å². The van der Waals surface area contributed by atoms with E-state index >= 15 is 0 Å². The highest BCUT2D eigenvalue weighted by atomic mass is 16.6. The van der Waals surface area contributed by atoms with Crippen molar-refractivity contribution in [3.8, 4) is 22.3 Å². The largest absolute Gasteiger partial charge is 0.478 e. The fraction of sp³-hybridized carbons (Fsp3) is 0.108. The summed E-state index contributed by atoms with van der Waals surface area (Å²) in [5, 5.41) is 14.9. The third-order valence-electron chi connectivity index (χ3n) is 8.36. The van der Waals surface area contributed by atoms with Crippen molar-refractivity contribution >= 4 is 29.5 Å². The number of anilines is 2. The van der Waals surface area contributed by atoms with E-state index in [1.165, 1.54) is 18.2 Å². The van der Waals surface area contributed by atoms with Crippen LogP contribution in [0.5, 0.6) is 0 Å². The second kappa shape index (κ2) is 11.7. The highest BCUT2D eigenvalue weighted by molar-refractivity contribution is 5.95. The van der Waals surface area contributed by atoms with Crippen LogP contribution in [0.2, 0.25) is 0 Å². The van der Waals surface area contributed by atoms with Gasteiger partial charge in [-0.25, -0.2) is 14.4 Å². The quantitative estimate of drug-likeness (QED) is 0.175. The number of benzene rings is 5. The molecule has 2 amide bonds. The third-order valence-corrected chi connectivity index (χ3v) is 8.36. The van der Waals surface area contributed by atoms with Crippen molar-refractivity contribution in [2.75, 3.05) is 23.8 Å². The zero-order valence-electron chi connectivity index (χ0n) is 24.0. The van der Waals surface area contributed by atoms with E-state index in [1.54, 1.807) is 0 Å². The van der Waals surface area contributed by atoms with Crippen LogP contribution < -0.4 is 10.6 Å². The Labute approximate surface area is 259 Å². The lowest BCUT2D eigenvalue weighted by Gasteiger charge is -2.16. The van der Waals surface area contributed by atoms with Crippen molar-refractivity contribution in [2.45, 2.75) is 11.8 Å². The van der Waals surface area contributed by atoms with Gasteiger partial charge in [-0.15, -0.1) is 0 Å². The van der Waals surface area contributed by atoms with Crippen molar-refractivity contribution in [1.29, 1.82) is 0 Å². The van der Waals surface area contributed by atoms with E-state index in [-0.39, 0.29) is 42.0 Å². The van der Waals surface area contributed by atoms with Gasteiger partial charge in [-0.2, -0.15) is 0 Å². The van der Waals surface area contributed by atoms with Gasteiger partial charge < -0.3 is 14.6 Å². The summed E-state index contributed by atoms with van der Waals surface area (Å²) in [7, 11) is 0. The Balaban J connectivity index is 1.02. The summed E-state index contributed by atoms with van der Waals surface area (Å²) in [6.07, 6.45) is -1.49. The van der Waals surface area contributed by atoms with Crippen LogP contribution in [0, 0.1) is 0 Å². The maximum absolute atomic E-state index is 12.9. The molecule has 8 heteroatoms. The molecule has 0 aromatic heterocycles. The van der Waals surface area contributed by atoms with Crippen LogP contribution in [0.4, 0.5) is 21.0 Å². The second-order valence-electron chi connectivity index (χ2n) is 11.0. The van der Waals surface area contributed by atoms with Gasteiger partial charge in [-0.3, -0.25) is 10.6 Å². The summed E-state index contributed by atoms with van der Waals surface area (Å²) < 4.78 is 11.2. The first-order valence-electron chi connectivity index (χ1n) is 14.6. The molecular weight excluding hydrogens is 568 g/mol. The van der Waals surface area contributed by atoms with E-state index in [9.17, 15) is 19.5 Å². The molecule has 5 aromatic carbocycles. The molecule has 0 radical (unpaired) electrons. The minimum absolute atomic E-state index is 0.101. The summed E-state index contributed by atoms with van der Waals surface area (Å²) in [5.74, 6) is -1.47. The normalized spacial score (nSPS) is 12.8. The number of rotatable bonds is 7. The molecule has 5 aromatic rings. The Bertz CT molecular complexity index is 1750. The second-order valence-corrected chi connectivity index (χ2v) is 11.0. The summed E-state index contributed by atoms with van der Waals surface area (Å²) in [6.45, 7) is 0.201. The van der Waals surface area contributed by atoms with Gasteiger partial charge >= 0.3 is 18.2 Å². The molecule has 222 valence electrons. The Hall–Kier alpha value is -5.89. The molecule has 0 bridgehead atoms. The molecule has 0 spiro atoms. The number of nitrogens with one attached hydrogen (secondary N) is 2. The van der Waals surface area contributed by atoms with Crippen LogP contribution in [0.3, 0.4) is 0 Å². The highest BCUT2D eigenvalue weighted by Crippen LogP contribution is 2.45. The van der Waals surface area contributed by atoms with Crippen LogP contribution in [0.25, 0.3) is 22.3 Å². The number of carboxylic acid groups (broad SMARTS) is 1. The summed E-state index contributed by atoms with van der Waals surface area (Å²) >= 11 is 0. The SMILES string of the molecule is O=C(Nc1cc(NC(=O)OCC2c3ccccc3-c3ccccc32)cc(C(=O)O)c1)OCC1c2ccccc2-c2ccccc21.